The van der Waals surface area contributed by atoms with Crippen LogP contribution in [0.3, 0.4) is 0 Å². The molecule has 7 nitrogen and oxygen atoms in total. The molecule has 2 heterocycles. The molecule has 1 atom stereocenters. The lowest BCUT2D eigenvalue weighted by Gasteiger charge is -2.35. The number of aromatic nitrogens is 1. The number of morpholine rings is 1. The zero-order valence-corrected chi connectivity index (χ0v) is 21.7. The molecule has 1 aliphatic heterocycles. The van der Waals surface area contributed by atoms with Gasteiger partial charge in [-0.05, 0) is 31.0 Å². The fourth-order valence-electron chi connectivity index (χ4n) is 3.45. The summed E-state index contributed by atoms with van der Waals surface area (Å²) in [5, 5.41) is 10.1. The smallest absolute Gasteiger partial charge is 0.191 e. The van der Waals surface area contributed by atoms with Crippen molar-refractivity contribution in [2.75, 3.05) is 46.5 Å². The van der Waals surface area contributed by atoms with Crippen molar-refractivity contribution < 1.29 is 9.47 Å². The highest BCUT2D eigenvalue weighted by Crippen LogP contribution is 2.23. The Hall–Kier alpha value is -1.43. The van der Waals surface area contributed by atoms with Gasteiger partial charge in [0.1, 0.15) is 5.75 Å². The van der Waals surface area contributed by atoms with Gasteiger partial charge in [-0.15, -0.1) is 35.3 Å². The van der Waals surface area contributed by atoms with Gasteiger partial charge in [0.15, 0.2) is 5.96 Å². The summed E-state index contributed by atoms with van der Waals surface area (Å²) in [5.41, 5.74) is 2.28. The summed E-state index contributed by atoms with van der Waals surface area (Å²) in [7, 11) is 1.70. The summed E-state index contributed by atoms with van der Waals surface area (Å²) in [4.78, 5) is 11.8. The standard InChI is InChI=1S/C22H33N5O2S.HI/c1-4-21-26-18(16-30-21)14-24-22(23-5-2)25-15-20(27-10-12-29-13-11-27)17-6-8-19(28-3)9-7-17;/h6-9,16,20H,4-5,10-15H2,1-3H3,(H2,23,24,25);1H. The molecule has 1 aromatic carbocycles. The minimum absolute atomic E-state index is 0. The zero-order chi connectivity index (χ0) is 21.2. The Bertz CT molecular complexity index is 793. The molecular formula is C22H34IN5O2S. The lowest BCUT2D eigenvalue weighted by molar-refractivity contribution is 0.0170. The molecule has 31 heavy (non-hydrogen) atoms. The topological polar surface area (TPSA) is 71.0 Å². The highest BCUT2D eigenvalue weighted by atomic mass is 127. The number of ether oxygens (including phenoxy) is 2. The lowest BCUT2D eigenvalue weighted by Crippen LogP contribution is -2.46. The van der Waals surface area contributed by atoms with E-state index in [1.807, 2.05) is 12.1 Å². The van der Waals surface area contributed by atoms with E-state index in [1.165, 1.54) is 5.56 Å². The molecule has 0 bridgehead atoms. The summed E-state index contributed by atoms with van der Waals surface area (Å²) in [6.07, 6.45) is 0.968. The molecule has 0 aliphatic carbocycles. The minimum Gasteiger partial charge on any atom is -0.497 e. The number of guanidine groups is 1. The molecule has 172 valence electrons. The van der Waals surface area contributed by atoms with Crippen LogP contribution in [0.4, 0.5) is 0 Å². The van der Waals surface area contributed by atoms with Crippen molar-refractivity contribution in [3.8, 4) is 5.75 Å². The number of aryl methyl sites for hydroxylation is 1. The van der Waals surface area contributed by atoms with Crippen LogP contribution in [0.1, 0.15) is 36.2 Å². The van der Waals surface area contributed by atoms with Crippen molar-refractivity contribution in [2.24, 2.45) is 4.99 Å². The number of thiazole rings is 1. The monoisotopic (exact) mass is 559 g/mol. The molecule has 9 heteroatoms. The van der Waals surface area contributed by atoms with Crippen LogP contribution >= 0.6 is 35.3 Å². The van der Waals surface area contributed by atoms with Crippen molar-refractivity contribution in [3.05, 3.63) is 45.9 Å². The number of methoxy groups -OCH3 is 1. The van der Waals surface area contributed by atoms with Crippen LogP contribution < -0.4 is 15.4 Å². The van der Waals surface area contributed by atoms with Crippen LogP contribution in [-0.4, -0.2) is 62.3 Å². The van der Waals surface area contributed by atoms with Crippen molar-refractivity contribution >= 4 is 41.3 Å². The Labute approximate surface area is 206 Å². The van der Waals surface area contributed by atoms with Gasteiger partial charge in [0.05, 0.1) is 43.6 Å². The maximum atomic E-state index is 5.56. The van der Waals surface area contributed by atoms with Gasteiger partial charge >= 0.3 is 0 Å². The maximum absolute atomic E-state index is 5.56. The SMILES string of the molecule is CCNC(=NCc1csc(CC)n1)NCC(c1ccc(OC)cc1)N1CCOCC1.I. The number of hydrogen-bond acceptors (Lipinski definition) is 6. The number of nitrogens with zero attached hydrogens (tertiary/aromatic N) is 3. The first-order chi connectivity index (χ1) is 14.7. The van der Waals surface area contributed by atoms with Gasteiger partial charge in [-0.3, -0.25) is 4.90 Å². The average Bonchev–Trinajstić information content (AvgIpc) is 3.27. The first kappa shape index (κ1) is 25.8. The van der Waals surface area contributed by atoms with E-state index in [0.717, 1.165) is 68.2 Å². The molecule has 3 rings (SSSR count). The Morgan fingerprint density at radius 1 is 1.23 bits per heavy atom. The zero-order valence-electron chi connectivity index (χ0n) is 18.6. The summed E-state index contributed by atoms with van der Waals surface area (Å²) in [5.74, 6) is 1.69. The molecule has 2 N–H and O–H groups in total. The van der Waals surface area contributed by atoms with Crippen LogP contribution in [0.2, 0.25) is 0 Å². The number of hydrogen-bond donors (Lipinski definition) is 2. The summed E-state index contributed by atoms with van der Waals surface area (Å²) in [6.45, 7) is 9.74. The third-order valence-corrected chi connectivity index (χ3v) is 6.14. The quantitative estimate of drug-likeness (QED) is 0.279. The first-order valence-corrected chi connectivity index (χ1v) is 11.5. The third-order valence-electron chi connectivity index (χ3n) is 5.10. The van der Waals surface area contributed by atoms with Crippen molar-refractivity contribution in [2.45, 2.75) is 32.9 Å². The van der Waals surface area contributed by atoms with Gasteiger partial charge in [0.25, 0.3) is 0 Å². The van der Waals surface area contributed by atoms with E-state index < -0.39 is 0 Å². The van der Waals surface area contributed by atoms with E-state index in [1.54, 1.807) is 18.4 Å². The Balaban J connectivity index is 0.00000341. The fourth-order valence-corrected chi connectivity index (χ4v) is 4.19. The number of halogens is 1. The molecule has 0 spiro atoms. The van der Waals surface area contributed by atoms with E-state index in [9.17, 15) is 0 Å². The van der Waals surface area contributed by atoms with Gasteiger partial charge in [-0.1, -0.05) is 19.1 Å². The fraction of sp³-hybridized carbons (Fsp3) is 0.545. The second kappa shape index (κ2) is 13.9. The molecule has 0 radical (unpaired) electrons. The van der Waals surface area contributed by atoms with E-state index in [-0.39, 0.29) is 30.0 Å². The van der Waals surface area contributed by atoms with Crippen LogP contribution in [0.15, 0.2) is 34.6 Å². The third kappa shape index (κ3) is 7.89. The van der Waals surface area contributed by atoms with Crippen LogP contribution in [-0.2, 0) is 17.7 Å². The van der Waals surface area contributed by atoms with Crippen LogP contribution in [0.5, 0.6) is 5.75 Å². The highest BCUT2D eigenvalue weighted by Gasteiger charge is 2.23. The second-order valence-electron chi connectivity index (χ2n) is 7.10. The van der Waals surface area contributed by atoms with E-state index in [4.69, 9.17) is 14.5 Å². The Morgan fingerprint density at radius 2 is 1.97 bits per heavy atom. The number of rotatable bonds is 9. The Kier molecular flexibility index (Phi) is 11.6. The van der Waals surface area contributed by atoms with Gasteiger partial charge in [-0.2, -0.15) is 0 Å². The minimum atomic E-state index is 0. The van der Waals surface area contributed by atoms with Crippen LogP contribution in [0, 0.1) is 0 Å². The van der Waals surface area contributed by atoms with Crippen molar-refractivity contribution in [3.63, 3.8) is 0 Å². The highest BCUT2D eigenvalue weighted by molar-refractivity contribution is 14.0. The molecule has 1 aliphatic rings. The van der Waals surface area contributed by atoms with Crippen molar-refractivity contribution in [1.29, 1.82) is 0 Å². The molecule has 1 saturated heterocycles. The second-order valence-corrected chi connectivity index (χ2v) is 8.04. The van der Waals surface area contributed by atoms with Gasteiger partial charge in [-0.25, -0.2) is 9.98 Å². The van der Waals surface area contributed by atoms with Gasteiger partial charge in [0, 0.05) is 31.6 Å². The molecule has 1 unspecified atom stereocenters. The summed E-state index contributed by atoms with van der Waals surface area (Å²) < 4.78 is 10.9. The van der Waals surface area contributed by atoms with Crippen LogP contribution in [0.25, 0.3) is 0 Å². The van der Waals surface area contributed by atoms with Gasteiger partial charge in [0.2, 0.25) is 0 Å². The average molecular weight is 560 g/mol. The largest absolute Gasteiger partial charge is 0.497 e. The van der Waals surface area contributed by atoms with E-state index in [0.29, 0.717) is 6.54 Å². The number of benzene rings is 1. The molecule has 2 aromatic rings. The van der Waals surface area contributed by atoms with Crippen molar-refractivity contribution in [1.82, 2.24) is 20.5 Å². The molecule has 0 saturated carbocycles. The molecule has 1 fully saturated rings. The normalized spacial score (nSPS) is 15.8. The van der Waals surface area contributed by atoms with E-state index in [2.05, 4.69) is 51.9 Å². The predicted molar refractivity (Wildman–Crippen MR) is 138 cm³/mol. The summed E-state index contributed by atoms with van der Waals surface area (Å²) in [6, 6.07) is 8.57. The molecule has 0 amide bonds. The van der Waals surface area contributed by atoms with E-state index >= 15 is 0 Å². The van der Waals surface area contributed by atoms with Gasteiger partial charge < -0.3 is 20.1 Å². The Morgan fingerprint density at radius 3 is 2.58 bits per heavy atom. The number of nitrogens with one attached hydrogen (secondary N) is 2. The molecule has 1 aromatic heterocycles. The predicted octanol–water partition coefficient (Wildman–Crippen LogP) is 3.46. The number of aliphatic imine (C=N–C) groups is 1. The summed E-state index contributed by atoms with van der Waals surface area (Å²) >= 11 is 1.70. The first-order valence-electron chi connectivity index (χ1n) is 10.6. The molecular weight excluding hydrogens is 525 g/mol. The maximum Gasteiger partial charge on any atom is 0.191 e. The lowest BCUT2D eigenvalue weighted by atomic mass is 10.0.